The molecule has 1 heterocycles. The van der Waals surface area contributed by atoms with Gasteiger partial charge in [-0.2, -0.15) is 0 Å². The van der Waals surface area contributed by atoms with Gasteiger partial charge in [-0.15, -0.1) is 0 Å². The highest BCUT2D eigenvalue weighted by atomic mass is 35.5. The molecule has 1 amide bonds. The van der Waals surface area contributed by atoms with E-state index >= 15 is 0 Å². The quantitative estimate of drug-likeness (QED) is 0.680. The Hall–Kier alpha value is -2.30. The second-order valence-electron chi connectivity index (χ2n) is 7.54. The third-order valence-corrected chi connectivity index (χ3v) is 5.21. The second-order valence-corrected chi connectivity index (χ2v) is 9.91. The van der Waals surface area contributed by atoms with Crippen molar-refractivity contribution in [2.75, 3.05) is 17.8 Å². The summed E-state index contributed by atoms with van der Waals surface area (Å²) >= 11 is 6.19. The predicted octanol–water partition coefficient (Wildman–Crippen LogP) is 3.59. The van der Waals surface area contributed by atoms with Gasteiger partial charge >= 0.3 is 6.09 Å². The second kappa shape index (κ2) is 8.83. The number of hydrogen-bond donors (Lipinski definition) is 1. The highest BCUT2D eigenvalue weighted by molar-refractivity contribution is 7.90. The van der Waals surface area contributed by atoms with Crippen LogP contribution in [-0.2, 0) is 21.0 Å². The highest BCUT2D eigenvalue weighted by Gasteiger charge is 2.31. The number of aliphatic hydroxyl groups excluding tert-OH is 1. The Bertz CT molecular complexity index is 1070. The van der Waals surface area contributed by atoms with E-state index in [0.717, 1.165) is 23.3 Å². The molecule has 0 aliphatic rings. The zero-order valence-corrected chi connectivity index (χ0v) is 18.8. The fourth-order valence-corrected chi connectivity index (χ4v) is 3.50. The van der Waals surface area contributed by atoms with Crippen LogP contribution in [0, 0.1) is 12.7 Å². The largest absolute Gasteiger partial charge is 0.443 e. The maximum absolute atomic E-state index is 15.0. The van der Waals surface area contributed by atoms with Crippen molar-refractivity contribution in [3.8, 4) is 0 Å². The first-order chi connectivity index (χ1) is 13.7. The van der Waals surface area contributed by atoms with Crippen molar-refractivity contribution in [2.24, 2.45) is 0 Å². The first-order valence-corrected chi connectivity index (χ1v) is 11.2. The number of nitrogens with zero attached hydrogens (tertiary/aromatic N) is 3. The summed E-state index contributed by atoms with van der Waals surface area (Å²) in [6.07, 6.45) is -0.0154. The first-order valence-electron chi connectivity index (χ1n) is 8.91. The van der Waals surface area contributed by atoms with Crippen molar-refractivity contribution in [1.82, 2.24) is 9.97 Å². The number of sulfone groups is 1. The zero-order chi connectivity index (χ0) is 22.9. The number of halogens is 2. The third kappa shape index (κ3) is 5.65. The third-order valence-electron chi connectivity index (χ3n) is 3.78. The maximum atomic E-state index is 15.0. The minimum absolute atomic E-state index is 0.00319. The maximum Gasteiger partial charge on any atom is 0.420 e. The fourth-order valence-electron chi connectivity index (χ4n) is 2.57. The molecule has 2 rings (SSSR count). The molecule has 0 atom stereocenters. The Morgan fingerprint density at radius 1 is 1.30 bits per heavy atom. The molecule has 0 saturated heterocycles. The number of aliphatic hydroxyl groups is 1. The Morgan fingerprint density at radius 3 is 2.43 bits per heavy atom. The zero-order valence-electron chi connectivity index (χ0n) is 17.2. The van der Waals surface area contributed by atoms with Gasteiger partial charge in [0.25, 0.3) is 0 Å². The Balaban J connectivity index is 2.77. The standard InChI is InChI=1S/C19H23ClFN3O5S/c1-11-22-16(20)13(8-9-25)17(23-11)24(18(26)29-19(2,3)4)15-7-6-12(10-14(15)21)30(5,27)28/h6-7,10,25H,8-9H2,1-5H3. The monoisotopic (exact) mass is 459 g/mol. The van der Waals surface area contributed by atoms with Crippen molar-refractivity contribution in [2.45, 2.75) is 44.6 Å². The summed E-state index contributed by atoms with van der Waals surface area (Å²) in [7, 11) is -3.67. The number of carbonyl (C=O) groups is 1. The molecule has 11 heteroatoms. The fraction of sp³-hybridized carbons (Fsp3) is 0.421. The molecule has 1 N–H and O–H groups in total. The lowest BCUT2D eigenvalue weighted by Crippen LogP contribution is -2.35. The number of anilines is 2. The summed E-state index contributed by atoms with van der Waals surface area (Å²) in [6, 6.07) is 3.12. The van der Waals surface area contributed by atoms with Gasteiger partial charge in [0, 0.05) is 24.8 Å². The SMILES string of the molecule is Cc1nc(Cl)c(CCO)c(N(C(=O)OC(C)(C)C)c2ccc(S(C)(=O)=O)cc2F)n1. The van der Waals surface area contributed by atoms with Crippen LogP contribution in [0.1, 0.15) is 32.2 Å². The van der Waals surface area contributed by atoms with Crippen LogP contribution in [0.4, 0.5) is 20.7 Å². The van der Waals surface area contributed by atoms with E-state index in [2.05, 4.69) is 9.97 Å². The number of ether oxygens (including phenoxy) is 1. The topological polar surface area (TPSA) is 110 Å². The number of aryl methyl sites for hydroxylation is 1. The number of carbonyl (C=O) groups excluding carboxylic acids is 1. The van der Waals surface area contributed by atoms with Crippen molar-refractivity contribution < 1.29 is 27.4 Å². The van der Waals surface area contributed by atoms with E-state index < -0.39 is 27.3 Å². The van der Waals surface area contributed by atoms with Gasteiger partial charge in [-0.25, -0.2) is 32.5 Å². The average molecular weight is 460 g/mol. The predicted molar refractivity (Wildman–Crippen MR) is 110 cm³/mol. The molecule has 0 aliphatic heterocycles. The summed E-state index contributed by atoms with van der Waals surface area (Å²) in [5, 5.41) is 9.40. The van der Waals surface area contributed by atoms with Crippen molar-refractivity contribution in [1.29, 1.82) is 0 Å². The molecule has 0 bridgehead atoms. The van der Waals surface area contributed by atoms with Gasteiger partial charge in [-0.05, 0) is 45.9 Å². The van der Waals surface area contributed by atoms with Gasteiger partial charge < -0.3 is 9.84 Å². The molecule has 8 nitrogen and oxygen atoms in total. The summed E-state index contributed by atoms with van der Waals surface area (Å²) in [5.41, 5.74) is -0.992. The molecular formula is C19H23ClFN3O5S. The van der Waals surface area contributed by atoms with Crippen LogP contribution in [0.3, 0.4) is 0 Å². The lowest BCUT2D eigenvalue weighted by molar-refractivity contribution is 0.0596. The smallest absolute Gasteiger partial charge is 0.420 e. The van der Waals surface area contributed by atoms with Crippen LogP contribution in [-0.4, -0.2) is 48.0 Å². The van der Waals surface area contributed by atoms with Crippen LogP contribution in [0.25, 0.3) is 0 Å². The van der Waals surface area contributed by atoms with E-state index in [1.807, 2.05) is 0 Å². The number of rotatable bonds is 5. The average Bonchev–Trinajstić information content (AvgIpc) is 2.57. The first kappa shape index (κ1) is 24.0. The lowest BCUT2D eigenvalue weighted by atomic mass is 10.2. The molecule has 164 valence electrons. The van der Waals surface area contributed by atoms with Crippen LogP contribution in [0.2, 0.25) is 5.15 Å². The molecule has 0 unspecified atom stereocenters. The minimum atomic E-state index is -3.67. The number of aromatic nitrogens is 2. The molecule has 1 aromatic carbocycles. The van der Waals surface area contributed by atoms with Crippen LogP contribution in [0.5, 0.6) is 0 Å². The molecule has 0 radical (unpaired) electrons. The van der Waals surface area contributed by atoms with E-state index in [0.29, 0.717) is 0 Å². The van der Waals surface area contributed by atoms with Gasteiger partial charge in [-0.3, -0.25) is 0 Å². The minimum Gasteiger partial charge on any atom is -0.443 e. The van der Waals surface area contributed by atoms with E-state index in [-0.39, 0.29) is 46.0 Å². The Kier molecular flexibility index (Phi) is 7.05. The number of amides is 1. The van der Waals surface area contributed by atoms with E-state index in [4.69, 9.17) is 16.3 Å². The number of benzene rings is 1. The van der Waals surface area contributed by atoms with Crippen LogP contribution < -0.4 is 4.90 Å². The number of hydrogen-bond acceptors (Lipinski definition) is 7. The van der Waals surface area contributed by atoms with Gasteiger partial charge in [0.2, 0.25) is 0 Å². The van der Waals surface area contributed by atoms with Gasteiger partial charge in [0.05, 0.1) is 10.6 Å². The Morgan fingerprint density at radius 2 is 1.93 bits per heavy atom. The summed E-state index contributed by atoms with van der Waals surface area (Å²) in [4.78, 5) is 21.9. The summed E-state index contributed by atoms with van der Waals surface area (Å²) in [6.45, 7) is 6.13. The highest BCUT2D eigenvalue weighted by Crippen LogP contribution is 2.34. The van der Waals surface area contributed by atoms with Crippen molar-refractivity contribution in [3.05, 3.63) is 40.6 Å². The molecule has 0 saturated carbocycles. The van der Waals surface area contributed by atoms with Crippen LogP contribution >= 0.6 is 11.6 Å². The molecule has 0 spiro atoms. The van der Waals surface area contributed by atoms with Gasteiger partial charge in [0.1, 0.15) is 22.4 Å². The van der Waals surface area contributed by atoms with Crippen LogP contribution in [0.15, 0.2) is 23.1 Å². The lowest BCUT2D eigenvalue weighted by Gasteiger charge is -2.28. The molecule has 0 fully saturated rings. The molecular weight excluding hydrogens is 437 g/mol. The van der Waals surface area contributed by atoms with Gasteiger partial charge in [-0.1, -0.05) is 11.6 Å². The normalized spacial score (nSPS) is 12.0. The molecule has 30 heavy (non-hydrogen) atoms. The Labute approximate surface area is 179 Å². The van der Waals surface area contributed by atoms with Crippen molar-refractivity contribution in [3.63, 3.8) is 0 Å². The summed E-state index contributed by atoms with van der Waals surface area (Å²) in [5.74, 6) is -0.841. The summed E-state index contributed by atoms with van der Waals surface area (Å²) < 4.78 is 43.9. The molecule has 1 aromatic heterocycles. The van der Waals surface area contributed by atoms with E-state index in [1.165, 1.54) is 13.0 Å². The molecule has 0 aliphatic carbocycles. The van der Waals surface area contributed by atoms with E-state index in [1.54, 1.807) is 20.8 Å². The molecule has 2 aromatic rings. The van der Waals surface area contributed by atoms with Crippen molar-refractivity contribution >= 4 is 39.0 Å². The van der Waals surface area contributed by atoms with E-state index in [9.17, 15) is 22.7 Å². The van der Waals surface area contributed by atoms with Gasteiger partial charge in [0.15, 0.2) is 15.7 Å².